The van der Waals surface area contributed by atoms with Crippen molar-refractivity contribution in [1.29, 1.82) is 0 Å². The summed E-state index contributed by atoms with van der Waals surface area (Å²) in [5, 5.41) is 12.4. The lowest BCUT2D eigenvalue weighted by atomic mass is 10.1. The number of carbonyl (C=O) groups is 2. The Bertz CT molecular complexity index is 712. The van der Waals surface area contributed by atoms with Crippen molar-refractivity contribution in [3.8, 4) is 11.5 Å². The van der Waals surface area contributed by atoms with E-state index in [0.29, 0.717) is 16.9 Å². The fraction of sp³-hybridized carbons (Fsp3) is 0.222. The Labute approximate surface area is 134 Å². The molecule has 1 amide bonds. The van der Waals surface area contributed by atoms with E-state index in [0.717, 1.165) is 0 Å². The number of phenols is 1. The van der Waals surface area contributed by atoms with Gasteiger partial charge >= 0.3 is 0 Å². The number of para-hydroxylation sites is 1. The van der Waals surface area contributed by atoms with Crippen LogP contribution in [0.4, 0.5) is 0 Å². The number of ether oxygens (including phenoxy) is 1. The number of amides is 1. The highest BCUT2D eigenvalue weighted by Gasteiger charge is 2.15. The first kappa shape index (κ1) is 16.5. The lowest BCUT2D eigenvalue weighted by molar-refractivity contribution is -0.127. The largest absolute Gasteiger partial charge is 0.508 e. The van der Waals surface area contributed by atoms with Gasteiger partial charge in [0.05, 0.1) is 0 Å². The van der Waals surface area contributed by atoms with E-state index in [-0.39, 0.29) is 24.0 Å². The van der Waals surface area contributed by atoms with Crippen LogP contribution in [0.2, 0.25) is 0 Å². The molecule has 0 radical (unpaired) electrons. The predicted molar refractivity (Wildman–Crippen MR) is 86.5 cm³/mol. The van der Waals surface area contributed by atoms with Gasteiger partial charge in [0.25, 0.3) is 5.91 Å². The molecule has 0 aliphatic rings. The number of Topliss-reactive ketones (excluding diaryl/α,β-unsaturated/α-hetero) is 1. The smallest absolute Gasteiger partial charge is 0.261 e. The first-order chi connectivity index (χ1) is 11.0. The summed E-state index contributed by atoms with van der Waals surface area (Å²) in [6.07, 6.45) is -0.719. The molecule has 2 N–H and O–H groups in total. The second-order valence-corrected chi connectivity index (χ2v) is 5.19. The lowest BCUT2D eigenvalue weighted by Gasteiger charge is -2.15. The van der Waals surface area contributed by atoms with Gasteiger partial charge in [-0.05, 0) is 32.0 Å². The molecule has 0 saturated carbocycles. The second-order valence-electron chi connectivity index (χ2n) is 5.19. The standard InChI is InChI=1S/C18H19NO4/c1-12(20)14-7-5-8-16(10-14)23-13(2)18(22)19-11-15-6-3-4-9-17(15)21/h3-10,13,21H,11H2,1-2H3,(H,19,22)/t13-/m0/s1. The molecule has 0 fully saturated rings. The number of carbonyl (C=O) groups excluding carboxylic acids is 2. The van der Waals surface area contributed by atoms with Gasteiger partial charge in [-0.2, -0.15) is 0 Å². The van der Waals surface area contributed by atoms with E-state index < -0.39 is 6.10 Å². The van der Waals surface area contributed by atoms with Gasteiger partial charge in [0.1, 0.15) is 11.5 Å². The van der Waals surface area contributed by atoms with E-state index in [4.69, 9.17) is 4.74 Å². The monoisotopic (exact) mass is 313 g/mol. The van der Waals surface area contributed by atoms with Crippen LogP contribution in [0.15, 0.2) is 48.5 Å². The molecule has 0 spiro atoms. The number of ketones is 1. The van der Waals surface area contributed by atoms with E-state index in [1.54, 1.807) is 55.5 Å². The van der Waals surface area contributed by atoms with Gasteiger partial charge in [-0.1, -0.05) is 30.3 Å². The molecule has 5 heteroatoms. The minimum atomic E-state index is -0.719. The summed E-state index contributed by atoms with van der Waals surface area (Å²) in [5.74, 6) is 0.229. The zero-order valence-corrected chi connectivity index (χ0v) is 13.1. The maximum atomic E-state index is 12.1. The lowest BCUT2D eigenvalue weighted by Crippen LogP contribution is -2.35. The van der Waals surface area contributed by atoms with Gasteiger partial charge in [0.2, 0.25) is 0 Å². The Hall–Kier alpha value is -2.82. The van der Waals surface area contributed by atoms with Gasteiger partial charge in [-0.25, -0.2) is 0 Å². The number of phenolic OH excluding ortho intramolecular Hbond substituents is 1. The van der Waals surface area contributed by atoms with Crippen LogP contribution in [0.1, 0.15) is 29.8 Å². The molecule has 0 saturated heterocycles. The molecule has 0 heterocycles. The molecule has 1 atom stereocenters. The fourth-order valence-corrected chi connectivity index (χ4v) is 2.03. The SMILES string of the molecule is CC(=O)c1cccc(O[C@@H](C)C(=O)NCc2ccccc2O)c1. The Morgan fingerprint density at radius 2 is 1.91 bits per heavy atom. The zero-order valence-electron chi connectivity index (χ0n) is 13.1. The van der Waals surface area contributed by atoms with Crippen LogP contribution in [-0.2, 0) is 11.3 Å². The van der Waals surface area contributed by atoms with Gasteiger partial charge in [-0.3, -0.25) is 9.59 Å². The third kappa shape index (κ3) is 4.57. The van der Waals surface area contributed by atoms with E-state index in [1.165, 1.54) is 6.92 Å². The molecule has 23 heavy (non-hydrogen) atoms. The molecule has 0 aromatic heterocycles. The summed E-state index contributed by atoms with van der Waals surface area (Å²) in [5.41, 5.74) is 1.16. The second kappa shape index (κ2) is 7.45. The highest BCUT2D eigenvalue weighted by Crippen LogP contribution is 2.17. The summed E-state index contributed by atoms with van der Waals surface area (Å²) in [7, 11) is 0. The van der Waals surface area contributed by atoms with Gasteiger partial charge in [0.15, 0.2) is 11.9 Å². The number of nitrogens with one attached hydrogen (secondary N) is 1. The zero-order chi connectivity index (χ0) is 16.8. The van der Waals surface area contributed by atoms with Crippen molar-refractivity contribution in [3.63, 3.8) is 0 Å². The number of hydrogen-bond acceptors (Lipinski definition) is 4. The number of aromatic hydroxyl groups is 1. The van der Waals surface area contributed by atoms with Gasteiger partial charge in [-0.15, -0.1) is 0 Å². The van der Waals surface area contributed by atoms with Crippen LogP contribution in [0.3, 0.4) is 0 Å². The topological polar surface area (TPSA) is 75.6 Å². The number of hydrogen-bond donors (Lipinski definition) is 2. The van der Waals surface area contributed by atoms with E-state index in [2.05, 4.69) is 5.32 Å². The molecule has 2 rings (SSSR count). The fourth-order valence-electron chi connectivity index (χ4n) is 2.03. The third-order valence-corrected chi connectivity index (χ3v) is 3.37. The maximum Gasteiger partial charge on any atom is 0.261 e. The molecule has 2 aromatic rings. The molecule has 0 unspecified atom stereocenters. The van der Waals surface area contributed by atoms with Crippen LogP contribution in [0, 0.1) is 0 Å². The summed E-state index contributed by atoms with van der Waals surface area (Å²) in [6.45, 7) is 3.31. The van der Waals surface area contributed by atoms with E-state index in [9.17, 15) is 14.7 Å². The molecule has 2 aromatic carbocycles. The molecule has 0 bridgehead atoms. The van der Waals surface area contributed by atoms with Gasteiger partial charge < -0.3 is 15.2 Å². The predicted octanol–water partition coefficient (Wildman–Crippen LogP) is 2.68. The molecule has 120 valence electrons. The van der Waals surface area contributed by atoms with Crippen molar-refractivity contribution in [2.75, 3.05) is 0 Å². The summed E-state index contributed by atoms with van der Waals surface area (Å²) in [4.78, 5) is 23.4. The minimum Gasteiger partial charge on any atom is -0.508 e. The van der Waals surface area contributed by atoms with Crippen molar-refractivity contribution in [2.24, 2.45) is 0 Å². The third-order valence-electron chi connectivity index (χ3n) is 3.37. The maximum absolute atomic E-state index is 12.1. The molecular formula is C18H19NO4. The van der Waals surface area contributed by atoms with Crippen molar-refractivity contribution < 1.29 is 19.4 Å². The first-order valence-electron chi connectivity index (χ1n) is 7.29. The van der Waals surface area contributed by atoms with Crippen LogP contribution in [-0.4, -0.2) is 22.9 Å². The Morgan fingerprint density at radius 1 is 1.17 bits per heavy atom. The highest BCUT2D eigenvalue weighted by atomic mass is 16.5. The minimum absolute atomic E-state index is 0.0629. The normalized spacial score (nSPS) is 11.6. The van der Waals surface area contributed by atoms with Crippen molar-refractivity contribution in [1.82, 2.24) is 5.32 Å². The summed E-state index contributed by atoms with van der Waals surface area (Å²) >= 11 is 0. The van der Waals surface area contributed by atoms with Crippen LogP contribution < -0.4 is 10.1 Å². The van der Waals surface area contributed by atoms with Crippen molar-refractivity contribution in [2.45, 2.75) is 26.5 Å². The molecular weight excluding hydrogens is 294 g/mol. The quantitative estimate of drug-likeness (QED) is 0.804. The Balaban J connectivity index is 1.94. The van der Waals surface area contributed by atoms with Crippen LogP contribution in [0.25, 0.3) is 0 Å². The molecule has 0 aliphatic carbocycles. The Kier molecular flexibility index (Phi) is 5.36. The molecule has 0 aliphatic heterocycles. The summed E-state index contributed by atoms with van der Waals surface area (Å²) in [6, 6.07) is 13.5. The van der Waals surface area contributed by atoms with E-state index >= 15 is 0 Å². The van der Waals surface area contributed by atoms with Gasteiger partial charge in [0, 0.05) is 17.7 Å². The number of rotatable bonds is 6. The average Bonchev–Trinajstić information content (AvgIpc) is 2.54. The van der Waals surface area contributed by atoms with Crippen molar-refractivity contribution in [3.05, 3.63) is 59.7 Å². The summed E-state index contributed by atoms with van der Waals surface area (Å²) < 4.78 is 5.56. The highest BCUT2D eigenvalue weighted by molar-refractivity contribution is 5.94. The average molecular weight is 313 g/mol. The van der Waals surface area contributed by atoms with Crippen LogP contribution >= 0.6 is 0 Å². The first-order valence-corrected chi connectivity index (χ1v) is 7.29. The van der Waals surface area contributed by atoms with E-state index in [1.807, 2.05) is 0 Å². The van der Waals surface area contributed by atoms with Crippen molar-refractivity contribution >= 4 is 11.7 Å². The Morgan fingerprint density at radius 3 is 2.61 bits per heavy atom. The molecule has 5 nitrogen and oxygen atoms in total. The van der Waals surface area contributed by atoms with Crippen LogP contribution in [0.5, 0.6) is 11.5 Å². The number of benzene rings is 2.